The number of carboxylic acid groups (broad SMARTS) is 2. The quantitative estimate of drug-likeness (QED) is 0.788. The zero-order valence-corrected chi connectivity index (χ0v) is 9.02. The van der Waals surface area contributed by atoms with Gasteiger partial charge in [0, 0.05) is 5.56 Å². The molecule has 1 aromatic heterocycles. The van der Waals surface area contributed by atoms with Crippen LogP contribution in [0.3, 0.4) is 0 Å². The molecular weight excluding hydrogens is 240 g/mol. The zero-order chi connectivity index (χ0) is 13.1. The maximum atomic E-state index is 10.7. The van der Waals surface area contributed by atoms with Crippen LogP contribution in [-0.2, 0) is 11.3 Å². The molecule has 0 aliphatic carbocycles. The van der Waals surface area contributed by atoms with Crippen LogP contribution in [0.5, 0.6) is 0 Å². The Kier molecular flexibility index (Phi) is 3.00. The SMILES string of the molecule is O=C(O)Cn1nnnc1-c1ccc(C(=O)O)cc1. The predicted octanol–water partition coefficient (Wildman–Crippen LogP) is 0.123. The fourth-order valence-corrected chi connectivity index (χ4v) is 1.41. The lowest BCUT2D eigenvalue weighted by atomic mass is 10.1. The summed E-state index contributed by atoms with van der Waals surface area (Å²) in [6, 6.07) is 5.84. The largest absolute Gasteiger partial charge is 0.480 e. The molecule has 8 nitrogen and oxygen atoms in total. The maximum absolute atomic E-state index is 10.7. The number of carboxylic acids is 2. The molecule has 2 aromatic rings. The first-order valence-electron chi connectivity index (χ1n) is 4.89. The molecule has 0 bridgehead atoms. The third-order valence-corrected chi connectivity index (χ3v) is 2.21. The van der Waals surface area contributed by atoms with E-state index in [4.69, 9.17) is 10.2 Å². The van der Waals surface area contributed by atoms with Crippen molar-refractivity contribution in [2.45, 2.75) is 6.54 Å². The molecule has 0 saturated heterocycles. The van der Waals surface area contributed by atoms with Crippen molar-refractivity contribution in [1.29, 1.82) is 0 Å². The van der Waals surface area contributed by atoms with Gasteiger partial charge in [0.15, 0.2) is 5.82 Å². The van der Waals surface area contributed by atoms with Crippen LogP contribution >= 0.6 is 0 Å². The second-order valence-electron chi connectivity index (χ2n) is 3.44. The van der Waals surface area contributed by atoms with Gasteiger partial charge in [-0.15, -0.1) is 5.10 Å². The molecule has 0 saturated carbocycles. The number of aliphatic carboxylic acids is 1. The molecule has 0 atom stereocenters. The molecule has 0 unspecified atom stereocenters. The lowest BCUT2D eigenvalue weighted by Crippen LogP contribution is -2.11. The van der Waals surface area contributed by atoms with E-state index in [1.807, 2.05) is 0 Å². The van der Waals surface area contributed by atoms with Gasteiger partial charge in [0.25, 0.3) is 0 Å². The van der Waals surface area contributed by atoms with Gasteiger partial charge in [-0.2, -0.15) is 0 Å². The van der Waals surface area contributed by atoms with Gasteiger partial charge >= 0.3 is 11.9 Å². The number of hydrogen-bond donors (Lipinski definition) is 2. The van der Waals surface area contributed by atoms with Gasteiger partial charge in [-0.25, -0.2) is 9.48 Å². The van der Waals surface area contributed by atoms with Crippen LogP contribution in [0.25, 0.3) is 11.4 Å². The summed E-state index contributed by atoms with van der Waals surface area (Å²) in [4.78, 5) is 21.3. The molecule has 0 aliphatic heterocycles. The third kappa shape index (κ3) is 2.32. The summed E-state index contributed by atoms with van der Waals surface area (Å²) >= 11 is 0. The van der Waals surface area contributed by atoms with Gasteiger partial charge in [0.05, 0.1) is 5.56 Å². The van der Waals surface area contributed by atoms with Gasteiger partial charge < -0.3 is 10.2 Å². The molecule has 2 N–H and O–H groups in total. The van der Waals surface area contributed by atoms with Crippen LogP contribution in [0.2, 0.25) is 0 Å². The van der Waals surface area contributed by atoms with Gasteiger partial charge in [-0.1, -0.05) is 12.1 Å². The Morgan fingerprint density at radius 3 is 2.39 bits per heavy atom. The molecular formula is C10H8N4O4. The number of rotatable bonds is 4. The minimum atomic E-state index is -1.06. The van der Waals surface area contributed by atoms with Crippen LogP contribution in [0.15, 0.2) is 24.3 Å². The van der Waals surface area contributed by atoms with E-state index in [2.05, 4.69) is 15.5 Å². The number of carbonyl (C=O) groups is 2. The molecule has 18 heavy (non-hydrogen) atoms. The lowest BCUT2D eigenvalue weighted by Gasteiger charge is -2.02. The Bertz CT molecular complexity index is 590. The van der Waals surface area contributed by atoms with Gasteiger partial charge in [0.1, 0.15) is 6.54 Å². The van der Waals surface area contributed by atoms with Crippen LogP contribution in [0, 0.1) is 0 Å². The van der Waals surface area contributed by atoms with Crippen molar-refractivity contribution in [3.8, 4) is 11.4 Å². The van der Waals surface area contributed by atoms with Gasteiger partial charge in [-0.05, 0) is 22.6 Å². The average Bonchev–Trinajstić information content (AvgIpc) is 2.76. The minimum Gasteiger partial charge on any atom is -0.480 e. The van der Waals surface area contributed by atoms with Crippen molar-refractivity contribution in [2.75, 3.05) is 0 Å². The summed E-state index contributed by atoms with van der Waals surface area (Å²) in [7, 11) is 0. The van der Waals surface area contributed by atoms with Gasteiger partial charge in [0.2, 0.25) is 0 Å². The van der Waals surface area contributed by atoms with E-state index in [0.717, 1.165) is 4.68 Å². The highest BCUT2D eigenvalue weighted by Gasteiger charge is 2.12. The van der Waals surface area contributed by atoms with E-state index in [1.165, 1.54) is 24.3 Å². The van der Waals surface area contributed by atoms with Crippen LogP contribution in [0.1, 0.15) is 10.4 Å². The number of aromatic nitrogens is 4. The maximum Gasteiger partial charge on any atom is 0.335 e. The third-order valence-electron chi connectivity index (χ3n) is 2.21. The molecule has 0 fully saturated rings. The van der Waals surface area contributed by atoms with Crippen molar-refractivity contribution in [2.24, 2.45) is 0 Å². The number of benzene rings is 1. The Morgan fingerprint density at radius 1 is 1.17 bits per heavy atom. The second-order valence-corrected chi connectivity index (χ2v) is 3.44. The molecule has 8 heteroatoms. The Labute approximate surface area is 100 Å². The summed E-state index contributed by atoms with van der Waals surface area (Å²) < 4.78 is 1.12. The fraction of sp³-hybridized carbons (Fsp3) is 0.100. The summed E-state index contributed by atoms with van der Waals surface area (Å²) in [5, 5.41) is 28.1. The van der Waals surface area contributed by atoms with E-state index in [0.29, 0.717) is 5.56 Å². The van der Waals surface area contributed by atoms with Crippen molar-refractivity contribution < 1.29 is 19.8 Å². The average molecular weight is 248 g/mol. The van der Waals surface area contributed by atoms with Crippen LogP contribution in [-0.4, -0.2) is 42.4 Å². The fourth-order valence-electron chi connectivity index (χ4n) is 1.41. The molecule has 0 radical (unpaired) electrons. The molecule has 2 rings (SSSR count). The summed E-state index contributed by atoms with van der Waals surface area (Å²) in [5.41, 5.74) is 0.683. The van der Waals surface area contributed by atoms with Crippen molar-refractivity contribution in [3.63, 3.8) is 0 Å². The van der Waals surface area contributed by atoms with Crippen LogP contribution < -0.4 is 0 Å². The predicted molar refractivity (Wildman–Crippen MR) is 57.8 cm³/mol. The number of nitrogens with zero attached hydrogens (tertiary/aromatic N) is 4. The smallest absolute Gasteiger partial charge is 0.335 e. The number of hydrogen-bond acceptors (Lipinski definition) is 5. The van der Waals surface area contributed by atoms with Crippen molar-refractivity contribution in [3.05, 3.63) is 29.8 Å². The van der Waals surface area contributed by atoms with E-state index in [-0.39, 0.29) is 17.9 Å². The van der Waals surface area contributed by atoms with E-state index in [1.54, 1.807) is 0 Å². The highest BCUT2D eigenvalue weighted by molar-refractivity contribution is 5.88. The standard InChI is InChI=1S/C10H8N4O4/c15-8(16)5-14-9(11-12-13-14)6-1-3-7(4-2-6)10(17)18/h1-4H,5H2,(H,15,16)(H,17,18). The summed E-state index contributed by atoms with van der Waals surface area (Å²) in [6.45, 7) is -0.358. The first kappa shape index (κ1) is 11.7. The second kappa shape index (κ2) is 4.62. The first-order valence-corrected chi connectivity index (χ1v) is 4.89. The molecule has 0 spiro atoms. The normalized spacial score (nSPS) is 10.2. The van der Waals surface area contributed by atoms with E-state index >= 15 is 0 Å². The topological polar surface area (TPSA) is 118 Å². The monoisotopic (exact) mass is 248 g/mol. The van der Waals surface area contributed by atoms with E-state index < -0.39 is 11.9 Å². The Hall–Kier alpha value is -2.77. The Morgan fingerprint density at radius 2 is 1.83 bits per heavy atom. The van der Waals surface area contributed by atoms with Crippen molar-refractivity contribution in [1.82, 2.24) is 20.2 Å². The highest BCUT2D eigenvalue weighted by atomic mass is 16.4. The molecule has 0 aliphatic rings. The Balaban J connectivity index is 2.34. The van der Waals surface area contributed by atoms with Crippen molar-refractivity contribution >= 4 is 11.9 Å². The summed E-state index contributed by atoms with van der Waals surface area (Å²) in [6.07, 6.45) is 0. The van der Waals surface area contributed by atoms with E-state index in [9.17, 15) is 9.59 Å². The minimum absolute atomic E-state index is 0.135. The molecule has 0 amide bonds. The molecule has 1 aromatic carbocycles. The number of aromatic carboxylic acids is 1. The number of tetrazole rings is 1. The molecule has 1 heterocycles. The highest BCUT2D eigenvalue weighted by Crippen LogP contribution is 2.16. The first-order chi connectivity index (χ1) is 8.58. The molecule has 92 valence electrons. The summed E-state index contributed by atoms with van der Waals surface area (Å²) in [5.74, 6) is -1.83. The van der Waals surface area contributed by atoms with Crippen LogP contribution in [0.4, 0.5) is 0 Å². The zero-order valence-electron chi connectivity index (χ0n) is 9.02. The van der Waals surface area contributed by atoms with Gasteiger partial charge in [-0.3, -0.25) is 4.79 Å². The lowest BCUT2D eigenvalue weighted by molar-refractivity contribution is -0.137.